The van der Waals surface area contributed by atoms with Gasteiger partial charge in [0.25, 0.3) is 0 Å². The van der Waals surface area contributed by atoms with Crippen LogP contribution in [0.25, 0.3) is 0 Å². The number of ether oxygens (including phenoxy) is 2. The van der Waals surface area contributed by atoms with Gasteiger partial charge >= 0.3 is 6.09 Å². The molecule has 0 aliphatic carbocycles. The average molecular weight is 398 g/mol. The predicted octanol–water partition coefficient (Wildman–Crippen LogP) is 1.52. The lowest BCUT2D eigenvalue weighted by Gasteiger charge is -2.36. The van der Waals surface area contributed by atoms with Crippen LogP contribution in [-0.2, 0) is 9.47 Å². The molecule has 2 saturated heterocycles. The monoisotopic (exact) mass is 397 g/mol. The Morgan fingerprint density at radius 3 is 2.46 bits per heavy atom. The fourth-order valence-electron chi connectivity index (χ4n) is 3.87. The zero-order chi connectivity index (χ0) is 20.4. The van der Waals surface area contributed by atoms with E-state index in [4.69, 9.17) is 9.47 Å². The molecule has 1 amide bonds. The van der Waals surface area contributed by atoms with E-state index in [9.17, 15) is 4.79 Å². The molecule has 2 aliphatic rings. The Morgan fingerprint density at radius 2 is 1.89 bits per heavy atom. The summed E-state index contributed by atoms with van der Waals surface area (Å²) in [6.45, 7) is 12.8. The molecule has 0 saturated carbocycles. The quantitative estimate of drug-likeness (QED) is 0.501. The second-order valence-corrected chi connectivity index (χ2v) is 7.99. The summed E-state index contributed by atoms with van der Waals surface area (Å²) in [5, 5.41) is 7.05. The molecule has 0 aromatic rings. The van der Waals surface area contributed by atoms with Crippen molar-refractivity contribution in [2.45, 2.75) is 52.1 Å². The lowest BCUT2D eigenvalue weighted by Crippen LogP contribution is -2.53. The first kappa shape index (κ1) is 22.7. The summed E-state index contributed by atoms with van der Waals surface area (Å²) in [6, 6.07) is 0.803. The van der Waals surface area contributed by atoms with Gasteiger partial charge in [-0.05, 0) is 32.1 Å². The van der Waals surface area contributed by atoms with Gasteiger partial charge in [0.05, 0.1) is 19.8 Å². The van der Waals surface area contributed by atoms with E-state index in [1.165, 1.54) is 0 Å². The van der Waals surface area contributed by atoms with Crippen molar-refractivity contribution < 1.29 is 14.3 Å². The van der Waals surface area contributed by atoms with Crippen LogP contribution < -0.4 is 10.6 Å². The normalized spacial score (nSPS) is 20.9. The van der Waals surface area contributed by atoms with E-state index < -0.39 is 0 Å². The fraction of sp³-hybridized carbons (Fsp3) is 0.900. The molecule has 1 unspecified atom stereocenters. The molecule has 0 aromatic heterocycles. The Kier molecular flexibility index (Phi) is 9.84. The summed E-state index contributed by atoms with van der Waals surface area (Å²) < 4.78 is 10.6. The number of hydrogen-bond donors (Lipinski definition) is 2. The van der Waals surface area contributed by atoms with Gasteiger partial charge < -0.3 is 25.0 Å². The molecule has 28 heavy (non-hydrogen) atoms. The minimum absolute atomic E-state index is 0.203. The van der Waals surface area contributed by atoms with Gasteiger partial charge in [0.2, 0.25) is 0 Å². The van der Waals surface area contributed by atoms with Gasteiger partial charge in [0.15, 0.2) is 5.96 Å². The maximum Gasteiger partial charge on any atom is 0.409 e. The second kappa shape index (κ2) is 12.1. The summed E-state index contributed by atoms with van der Waals surface area (Å²) in [6.07, 6.45) is 2.75. The third-order valence-electron chi connectivity index (χ3n) is 5.40. The van der Waals surface area contributed by atoms with Crippen molar-refractivity contribution in [2.75, 3.05) is 59.6 Å². The molecular weight excluding hydrogens is 358 g/mol. The number of amides is 1. The van der Waals surface area contributed by atoms with Crippen LogP contribution >= 0.6 is 0 Å². The molecule has 8 heteroatoms. The molecule has 2 N–H and O–H groups in total. The Hall–Kier alpha value is -1.54. The van der Waals surface area contributed by atoms with Gasteiger partial charge in [-0.1, -0.05) is 13.8 Å². The highest BCUT2D eigenvalue weighted by Crippen LogP contribution is 2.14. The zero-order valence-corrected chi connectivity index (χ0v) is 18.1. The summed E-state index contributed by atoms with van der Waals surface area (Å²) in [7, 11) is 1.81. The number of piperidine rings is 1. The first-order chi connectivity index (χ1) is 13.5. The first-order valence-corrected chi connectivity index (χ1v) is 10.7. The maximum absolute atomic E-state index is 11.8. The van der Waals surface area contributed by atoms with Gasteiger partial charge in [-0.3, -0.25) is 9.89 Å². The topological polar surface area (TPSA) is 78.4 Å². The summed E-state index contributed by atoms with van der Waals surface area (Å²) >= 11 is 0. The van der Waals surface area contributed by atoms with Gasteiger partial charge in [0, 0.05) is 51.9 Å². The molecule has 1 atom stereocenters. The molecule has 162 valence electrons. The highest BCUT2D eigenvalue weighted by molar-refractivity contribution is 5.80. The summed E-state index contributed by atoms with van der Waals surface area (Å²) in [5.41, 5.74) is 0. The van der Waals surface area contributed by atoms with E-state index in [1.54, 1.807) is 4.90 Å². The Bertz CT molecular complexity index is 486. The van der Waals surface area contributed by atoms with Crippen molar-refractivity contribution in [2.24, 2.45) is 10.9 Å². The number of nitrogens with one attached hydrogen (secondary N) is 2. The van der Waals surface area contributed by atoms with E-state index in [0.717, 1.165) is 71.2 Å². The van der Waals surface area contributed by atoms with Crippen molar-refractivity contribution in [1.82, 2.24) is 20.4 Å². The van der Waals surface area contributed by atoms with E-state index in [-0.39, 0.29) is 6.09 Å². The lowest BCUT2D eigenvalue weighted by atomic mass is 10.0. The van der Waals surface area contributed by atoms with Crippen molar-refractivity contribution in [3.05, 3.63) is 0 Å². The largest absolute Gasteiger partial charge is 0.450 e. The molecule has 2 rings (SSSR count). The summed E-state index contributed by atoms with van der Waals surface area (Å²) in [4.78, 5) is 20.6. The maximum atomic E-state index is 11.8. The molecule has 2 fully saturated rings. The van der Waals surface area contributed by atoms with Crippen molar-refractivity contribution in [3.63, 3.8) is 0 Å². The average Bonchev–Trinajstić information content (AvgIpc) is 2.71. The molecular formula is C20H39N5O3. The van der Waals surface area contributed by atoms with Crippen LogP contribution in [0.4, 0.5) is 4.79 Å². The van der Waals surface area contributed by atoms with E-state index in [1.807, 2.05) is 14.0 Å². The number of hydrogen-bond acceptors (Lipinski definition) is 5. The second-order valence-electron chi connectivity index (χ2n) is 7.99. The van der Waals surface area contributed by atoms with E-state index in [0.29, 0.717) is 24.6 Å². The Labute approximate surface area is 170 Å². The SMILES string of the molecule is CCOC(=O)N1CCC(NC(=NC)NCC(CC(C)C)N2CCOCC2)CC1. The van der Waals surface area contributed by atoms with Gasteiger partial charge in [-0.15, -0.1) is 0 Å². The Balaban J connectivity index is 1.78. The third kappa shape index (κ3) is 7.47. The van der Waals surface area contributed by atoms with Crippen molar-refractivity contribution in [1.29, 1.82) is 0 Å². The molecule has 2 aliphatic heterocycles. The van der Waals surface area contributed by atoms with Crippen molar-refractivity contribution >= 4 is 12.1 Å². The molecule has 2 heterocycles. The molecule has 0 bridgehead atoms. The smallest absolute Gasteiger partial charge is 0.409 e. The fourth-order valence-corrected chi connectivity index (χ4v) is 3.87. The minimum atomic E-state index is -0.203. The van der Waals surface area contributed by atoms with Gasteiger partial charge in [-0.25, -0.2) is 4.79 Å². The lowest BCUT2D eigenvalue weighted by molar-refractivity contribution is 0.0132. The van der Waals surface area contributed by atoms with Crippen LogP contribution in [0.5, 0.6) is 0 Å². The van der Waals surface area contributed by atoms with Crippen LogP contribution in [0.15, 0.2) is 4.99 Å². The molecule has 0 aromatic carbocycles. The highest BCUT2D eigenvalue weighted by atomic mass is 16.6. The molecule has 0 spiro atoms. The number of carbonyl (C=O) groups excluding carboxylic acids is 1. The number of nitrogens with zero attached hydrogens (tertiary/aromatic N) is 3. The van der Waals surface area contributed by atoms with Crippen LogP contribution in [0.2, 0.25) is 0 Å². The number of rotatable bonds is 7. The van der Waals surface area contributed by atoms with Crippen LogP contribution in [0.1, 0.15) is 40.0 Å². The van der Waals surface area contributed by atoms with Crippen LogP contribution in [-0.4, -0.2) is 93.5 Å². The van der Waals surface area contributed by atoms with E-state index in [2.05, 4.69) is 34.4 Å². The van der Waals surface area contributed by atoms with Crippen LogP contribution in [0.3, 0.4) is 0 Å². The standard InChI is InChI=1S/C20H39N5O3/c1-5-28-20(26)25-8-6-17(7-9-25)23-19(21-4)22-15-18(14-16(2)3)24-10-12-27-13-11-24/h16-18H,5-15H2,1-4H3,(H2,21,22,23). The predicted molar refractivity (Wildman–Crippen MR) is 112 cm³/mol. The number of aliphatic imine (C=N–C) groups is 1. The van der Waals surface area contributed by atoms with Gasteiger partial charge in [0.1, 0.15) is 0 Å². The summed E-state index contributed by atoms with van der Waals surface area (Å²) in [5.74, 6) is 1.49. The number of carbonyl (C=O) groups is 1. The third-order valence-corrected chi connectivity index (χ3v) is 5.40. The minimum Gasteiger partial charge on any atom is -0.450 e. The number of likely N-dealkylation sites (tertiary alicyclic amines) is 1. The number of morpholine rings is 1. The zero-order valence-electron chi connectivity index (χ0n) is 18.1. The highest BCUT2D eigenvalue weighted by Gasteiger charge is 2.25. The molecule has 8 nitrogen and oxygen atoms in total. The Morgan fingerprint density at radius 1 is 1.21 bits per heavy atom. The van der Waals surface area contributed by atoms with E-state index >= 15 is 0 Å². The molecule has 0 radical (unpaired) electrons. The van der Waals surface area contributed by atoms with Crippen LogP contribution in [0, 0.1) is 5.92 Å². The van der Waals surface area contributed by atoms with Crippen molar-refractivity contribution in [3.8, 4) is 0 Å². The first-order valence-electron chi connectivity index (χ1n) is 10.7. The number of guanidine groups is 1. The van der Waals surface area contributed by atoms with Gasteiger partial charge in [-0.2, -0.15) is 0 Å².